The maximum atomic E-state index is 11.7. The largest absolute Gasteiger partial charge is 0.330 e. The Labute approximate surface area is 107 Å². The Balaban J connectivity index is 2.31. The Morgan fingerprint density at radius 1 is 1.53 bits per heavy atom. The first-order valence-electron chi connectivity index (χ1n) is 6.03. The zero-order chi connectivity index (χ0) is 12.7. The van der Waals surface area contributed by atoms with Crippen LogP contribution in [0.2, 0.25) is 0 Å². The van der Waals surface area contributed by atoms with Crippen molar-refractivity contribution in [1.82, 2.24) is 4.98 Å². The second-order valence-corrected chi connectivity index (χ2v) is 5.40. The third-order valence-corrected chi connectivity index (χ3v) is 3.59. The van der Waals surface area contributed by atoms with E-state index < -0.39 is 0 Å². The molecule has 0 aliphatic rings. The molecule has 0 aliphatic heterocycles. The molecule has 17 heavy (non-hydrogen) atoms. The van der Waals surface area contributed by atoms with Gasteiger partial charge in [-0.05, 0) is 31.2 Å². The lowest BCUT2D eigenvalue weighted by molar-refractivity contribution is -0.116. The van der Waals surface area contributed by atoms with Crippen molar-refractivity contribution in [3.05, 3.63) is 11.6 Å². The van der Waals surface area contributed by atoms with Crippen LogP contribution in [0.4, 0.5) is 5.13 Å². The standard InChI is InChI=1S/C12H21N3OS/c1-9(2)10(5-6-13)3-4-11(16)15-12-14-7-8-17-12/h7-10H,3-6,13H2,1-2H3,(H,14,15,16). The number of hydrogen-bond acceptors (Lipinski definition) is 4. The SMILES string of the molecule is CC(C)C(CCN)CCC(=O)Nc1nccs1. The number of nitrogens with zero attached hydrogens (tertiary/aromatic N) is 1. The van der Waals surface area contributed by atoms with E-state index in [-0.39, 0.29) is 5.91 Å². The van der Waals surface area contributed by atoms with Crippen molar-refractivity contribution >= 4 is 22.4 Å². The summed E-state index contributed by atoms with van der Waals surface area (Å²) < 4.78 is 0. The number of hydrogen-bond donors (Lipinski definition) is 2. The molecule has 1 aromatic heterocycles. The number of rotatable bonds is 7. The van der Waals surface area contributed by atoms with Gasteiger partial charge < -0.3 is 11.1 Å². The van der Waals surface area contributed by atoms with Gasteiger partial charge in [-0.1, -0.05) is 13.8 Å². The maximum absolute atomic E-state index is 11.7. The van der Waals surface area contributed by atoms with Crippen LogP contribution in [0, 0.1) is 11.8 Å². The zero-order valence-electron chi connectivity index (χ0n) is 10.5. The van der Waals surface area contributed by atoms with Gasteiger partial charge in [0.15, 0.2) is 5.13 Å². The van der Waals surface area contributed by atoms with E-state index >= 15 is 0 Å². The van der Waals surface area contributed by atoms with Crippen molar-refractivity contribution in [3.63, 3.8) is 0 Å². The molecule has 0 bridgehead atoms. The molecule has 0 aliphatic carbocycles. The summed E-state index contributed by atoms with van der Waals surface area (Å²) >= 11 is 1.44. The lowest BCUT2D eigenvalue weighted by atomic mass is 9.88. The van der Waals surface area contributed by atoms with Crippen LogP contribution in [0.3, 0.4) is 0 Å². The van der Waals surface area contributed by atoms with Crippen molar-refractivity contribution in [1.29, 1.82) is 0 Å². The van der Waals surface area contributed by atoms with Crippen LogP contribution in [0.5, 0.6) is 0 Å². The van der Waals surface area contributed by atoms with Gasteiger partial charge in [-0.3, -0.25) is 4.79 Å². The molecule has 1 rings (SSSR count). The van der Waals surface area contributed by atoms with Crippen LogP contribution in [0.1, 0.15) is 33.1 Å². The lowest BCUT2D eigenvalue weighted by Gasteiger charge is -2.19. The number of aromatic nitrogens is 1. The van der Waals surface area contributed by atoms with Crippen LogP contribution in [0.15, 0.2) is 11.6 Å². The summed E-state index contributed by atoms with van der Waals surface area (Å²) in [4.78, 5) is 15.7. The Morgan fingerprint density at radius 3 is 2.82 bits per heavy atom. The molecule has 0 fully saturated rings. The highest BCUT2D eigenvalue weighted by atomic mass is 32.1. The van der Waals surface area contributed by atoms with Gasteiger partial charge in [-0.25, -0.2) is 4.98 Å². The number of nitrogens with one attached hydrogen (secondary N) is 1. The molecule has 5 heteroatoms. The molecule has 0 saturated heterocycles. The predicted octanol–water partition coefficient (Wildman–Crippen LogP) is 2.48. The van der Waals surface area contributed by atoms with Gasteiger partial charge in [-0.2, -0.15) is 0 Å². The summed E-state index contributed by atoms with van der Waals surface area (Å²) in [6.07, 6.45) is 4.11. The van der Waals surface area contributed by atoms with Gasteiger partial charge in [0.1, 0.15) is 0 Å². The summed E-state index contributed by atoms with van der Waals surface area (Å²) in [5.74, 6) is 1.15. The maximum Gasteiger partial charge on any atom is 0.226 e. The third-order valence-electron chi connectivity index (χ3n) is 2.90. The van der Waals surface area contributed by atoms with Crippen LogP contribution < -0.4 is 11.1 Å². The Morgan fingerprint density at radius 2 is 2.29 bits per heavy atom. The molecule has 0 saturated carbocycles. The highest BCUT2D eigenvalue weighted by Crippen LogP contribution is 2.21. The van der Waals surface area contributed by atoms with E-state index in [0.717, 1.165) is 12.8 Å². The zero-order valence-corrected chi connectivity index (χ0v) is 11.3. The average Bonchev–Trinajstić information content (AvgIpc) is 2.76. The first-order valence-corrected chi connectivity index (χ1v) is 6.91. The fourth-order valence-corrected chi connectivity index (χ4v) is 2.35. The molecular weight excluding hydrogens is 234 g/mol. The topological polar surface area (TPSA) is 68.0 Å². The number of carbonyl (C=O) groups is 1. The van der Waals surface area contributed by atoms with Crippen molar-refractivity contribution in [2.75, 3.05) is 11.9 Å². The van der Waals surface area contributed by atoms with E-state index in [1.165, 1.54) is 11.3 Å². The Kier molecular flexibility index (Phi) is 6.15. The van der Waals surface area contributed by atoms with E-state index in [9.17, 15) is 4.79 Å². The van der Waals surface area contributed by atoms with Crippen molar-refractivity contribution in [3.8, 4) is 0 Å². The van der Waals surface area contributed by atoms with Crippen LogP contribution >= 0.6 is 11.3 Å². The normalized spacial score (nSPS) is 12.7. The molecule has 0 aromatic carbocycles. The Hall–Kier alpha value is -0.940. The molecule has 1 amide bonds. The highest BCUT2D eigenvalue weighted by Gasteiger charge is 2.14. The first-order chi connectivity index (χ1) is 8.13. The molecule has 4 nitrogen and oxygen atoms in total. The fraction of sp³-hybridized carbons (Fsp3) is 0.667. The minimum atomic E-state index is 0.0441. The number of carbonyl (C=O) groups excluding carboxylic acids is 1. The molecular formula is C12H21N3OS. The average molecular weight is 255 g/mol. The summed E-state index contributed by atoms with van der Waals surface area (Å²) in [5, 5.41) is 5.32. The second-order valence-electron chi connectivity index (χ2n) is 4.51. The minimum absolute atomic E-state index is 0.0441. The van der Waals surface area contributed by atoms with E-state index in [1.54, 1.807) is 6.20 Å². The van der Waals surface area contributed by atoms with Crippen molar-refractivity contribution in [2.45, 2.75) is 33.1 Å². The van der Waals surface area contributed by atoms with Gasteiger partial charge in [0.05, 0.1) is 0 Å². The quantitative estimate of drug-likeness (QED) is 0.786. The first kappa shape index (κ1) is 14.1. The highest BCUT2D eigenvalue weighted by molar-refractivity contribution is 7.13. The van der Waals surface area contributed by atoms with E-state index in [2.05, 4.69) is 24.1 Å². The second kappa shape index (κ2) is 7.40. The molecule has 0 spiro atoms. The minimum Gasteiger partial charge on any atom is -0.330 e. The molecule has 1 aromatic rings. The number of nitrogens with two attached hydrogens (primary N) is 1. The van der Waals surface area contributed by atoms with Crippen LogP contribution in [0.25, 0.3) is 0 Å². The molecule has 0 radical (unpaired) electrons. The third kappa shape index (κ3) is 5.28. The fourth-order valence-electron chi connectivity index (χ4n) is 1.81. The van der Waals surface area contributed by atoms with Crippen LogP contribution in [-0.4, -0.2) is 17.4 Å². The van der Waals surface area contributed by atoms with E-state index in [4.69, 9.17) is 5.73 Å². The molecule has 1 heterocycles. The van der Waals surface area contributed by atoms with E-state index in [0.29, 0.717) is 29.9 Å². The summed E-state index contributed by atoms with van der Waals surface area (Å²) in [6, 6.07) is 0. The number of thiazole rings is 1. The van der Waals surface area contributed by atoms with Crippen molar-refractivity contribution in [2.24, 2.45) is 17.6 Å². The molecule has 96 valence electrons. The van der Waals surface area contributed by atoms with Crippen LogP contribution in [-0.2, 0) is 4.79 Å². The van der Waals surface area contributed by atoms with Gasteiger partial charge in [0.2, 0.25) is 5.91 Å². The summed E-state index contributed by atoms with van der Waals surface area (Å²) in [6.45, 7) is 5.05. The summed E-state index contributed by atoms with van der Waals surface area (Å²) in [7, 11) is 0. The van der Waals surface area contributed by atoms with Crippen molar-refractivity contribution < 1.29 is 4.79 Å². The molecule has 1 unspecified atom stereocenters. The predicted molar refractivity (Wildman–Crippen MR) is 72.0 cm³/mol. The Bertz CT molecular complexity index is 325. The van der Waals surface area contributed by atoms with Gasteiger partial charge in [-0.15, -0.1) is 11.3 Å². The van der Waals surface area contributed by atoms with Gasteiger partial charge >= 0.3 is 0 Å². The molecule has 1 atom stereocenters. The summed E-state index contributed by atoms with van der Waals surface area (Å²) in [5.41, 5.74) is 5.57. The smallest absolute Gasteiger partial charge is 0.226 e. The lowest BCUT2D eigenvalue weighted by Crippen LogP contribution is -2.18. The number of amides is 1. The van der Waals surface area contributed by atoms with Gasteiger partial charge in [0.25, 0.3) is 0 Å². The van der Waals surface area contributed by atoms with Gasteiger partial charge in [0, 0.05) is 18.0 Å². The number of anilines is 1. The monoisotopic (exact) mass is 255 g/mol. The van der Waals surface area contributed by atoms with E-state index in [1.807, 2.05) is 5.38 Å². The molecule has 3 N–H and O–H groups in total.